The summed E-state index contributed by atoms with van der Waals surface area (Å²) in [6.07, 6.45) is 0. The van der Waals surface area contributed by atoms with Crippen LogP contribution in [0.1, 0.15) is 21.1 Å². The van der Waals surface area contributed by atoms with Gasteiger partial charge in [-0.1, -0.05) is 11.6 Å². The van der Waals surface area contributed by atoms with Crippen molar-refractivity contribution in [3.05, 3.63) is 44.9 Å². The lowest BCUT2D eigenvalue weighted by molar-refractivity contribution is 0.0697. The first-order valence-corrected chi connectivity index (χ1v) is 7.20. The van der Waals surface area contributed by atoms with E-state index in [-0.39, 0.29) is 22.8 Å². The number of hydrogen-bond acceptors (Lipinski definition) is 4. The van der Waals surface area contributed by atoms with Gasteiger partial charge in [0.15, 0.2) is 0 Å². The molecule has 6 nitrogen and oxygen atoms in total. The maximum atomic E-state index is 11.8. The number of carboxylic acids is 1. The Balaban J connectivity index is 1.99. The molecule has 0 unspecified atom stereocenters. The van der Waals surface area contributed by atoms with Gasteiger partial charge in [-0.05, 0) is 25.1 Å². The SMILES string of the molecule is Cc1nc(CNC(=O)Nc2cc(C(=O)O)ccc2Cl)cs1. The number of carbonyl (C=O) groups is 2. The van der Waals surface area contributed by atoms with Gasteiger partial charge in [-0.25, -0.2) is 14.6 Å². The Morgan fingerprint density at radius 1 is 1.43 bits per heavy atom. The number of rotatable bonds is 4. The van der Waals surface area contributed by atoms with Gasteiger partial charge in [-0.3, -0.25) is 0 Å². The molecule has 0 radical (unpaired) electrons. The van der Waals surface area contributed by atoms with Crippen molar-refractivity contribution in [2.24, 2.45) is 0 Å². The predicted octanol–water partition coefficient (Wildman–Crippen LogP) is 3.12. The van der Waals surface area contributed by atoms with Crippen LogP contribution in [0.5, 0.6) is 0 Å². The third kappa shape index (κ3) is 4.17. The number of carboxylic acid groups (broad SMARTS) is 1. The van der Waals surface area contributed by atoms with Crippen molar-refractivity contribution in [3.63, 3.8) is 0 Å². The zero-order chi connectivity index (χ0) is 15.4. The zero-order valence-corrected chi connectivity index (χ0v) is 12.6. The molecular weight excluding hydrogens is 314 g/mol. The van der Waals surface area contributed by atoms with Crippen molar-refractivity contribution >= 4 is 40.6 Å². The molecule has 21 heavy (non-hydrogen) atoms. The molecule has 3 N–H and O–H groups in total. The molecule has 2 rings (SSSR count). The molecule has 1 heterocycles. The quantitative estimate of drug-likeness (QED) is 0.805. The average molecular weight is 326 g/mol. The second kappa shape index (κ2) is 6.55. The van der Waals surface area contributed by atoms with Gasteiger partial charge in [0.1, 0.15) is 0 Å². The first kappa shape index (κ1) is 15.3. The number of urea groups is 1. The van der Waals surface area contributed by atoms with E-state index in [2.05, 4.69) is 15.6 Å². The van der Waals surface area contributed by atoms with E-state index in [0.717, 1.165) is 10.7 Å². The number of amides is 2. The van der Waals surface area contributed by atoms with Crippen LogP contribution in [0.15, 0.2) is 23.6 Å². The number of aromatic carboxylic acids is 1. The number of thiazole rings is 1. The second-order valence-corrected chi connectivity index (χ2v) is 5.63. The monoisotopic (exact) mass is 325 g/mol. The number of anilines is 1. The summed E-state index contributed by atoms with van der Waals surface area (Å²) < 4.78 is 0. The molecule has 0 aliphatic heterocycles. The molecule has 8 heteroatoms. The van der Waals surface area contributed by atoms with E-state index >= 15 is 0 Å². The van der Waals surface area contributed by atoms with Gasteiger partial charge in [0.05, 0.1) is 33.5 Å². The lowest BCUT2D eigenvalue weighted by Gasteiger charge is -2.09. The summed E-state index contributed by atoms with van der Waals surface area (Å²) in [6.45, 7) is 2.16. The number of halogens is 1. The number of aromatic nitrogens is 1. The van der Waals surface area contributed by atoms with E-state index in [0.29, 0.717) is 0 Å². The Morgan fingerprint density at radius 3 is 2.81 bits per heavy atom. The highest BCUT2D eigenvalue weighted by atomic mass is 35.5. The molecule has 0 bridgehead atoms. The molecule has 0 spiro atoms. The van der Waals surface area contributed by atoms with Gasteiger partial charge < -0.3 is 15.7 Å². The minimum absolute atomic E-state index is 0.0461. The Kier molecular flexibility index (Phi) is 4.77. The fourth-order valence-electron chi connectivity index (χ4n) is 1.58. The van der Waals surface area contributed by atoms with Crippen LogP contribution in [0.2, 0.25) is 5.02 Å². The smallest absolute Gasteiger partial charge is 0.335 e. The van der Waals surface area contributed by atoms with E-state index in [1.165, 1.54) is 29.5 Å². The molecule has 0 saturated carbocycles. The summed E-state index contributed by atoms with van der Waals surface area (Å²) in [5, 5.41) is 17.1. The molecule has 0 fully saturated rings. The summed E-state index contributed by atoms with van der Waals surface area (Å²) in [4.78, 5) is 26.9. The van der Waals surface area contributed by atoms with Crippen molar-refractivity contribution in [2.75, 3.05) is 5.32 Å². The third-order valence-corrected chi connectivity index (χ3v) is 3.71. The number of nitrogens with zero attached hydrogens (tertiary/aromatic N) is 1. The number of carbonyl (C=O) groups excluding carboxylic acids is 1. The van der Waals surface area contributed by atoms with Crippen LogP contribution in [0.4, 0.5) is 10.5 Å². The lowest BCUT2D eigenvalue weighted by Crippen LogP contribution is -2.28. The van der Waals surface area contributed by atoms with E-state index in [4.69, 9.17) is 16.7 Å². The lowest BCUT2D eigenvalue weighted by atomic mass is 10.2. The standard InChI is InChI=1S/C13H12ClN3O3S/c1-7-16-9(6-21-7)5-15-13(20)17-11-4-8(12(18)19)2-3-10(11)14/h2-4,6H,5H2,1H3,(H,18,19)(H2,15,17,20). The molecule has 2 amide bonds. The highest BCUT2D eigenvalue weighted by Gasteiger charge is 2.10. The predicted molar refractivity (Wildman–Crippen MR) is 81.1 cm³/mol. The Morgan fingerprint density at radius 2 is 2.19 bits per heavy atom. The Hall–Kier alpha value is -2.12. The summed E-state index contributed by atoms with van der Waals surface area (Å²) in [7, 11) is 0. The summed E-state index contributed by atoms with van der Waals surface area (Å²) in [5.74, 6) is -1.09. The van der Waals surface area contributed by atoms with Crippen molar-refractivity contribution in [3.8, 4) is 0 Å². The number of aryl methyl sites for hydroxylation is 1. The Bertz CT molecular complexity index is 687. The largest absolute Gasteiger partial charge is 0.478 e. The molecular formula is C13H12ClN3O3S. The molecule has 1 aromatic heterocycles. The van der Waals surface area contributed by atoms with E-state index in [1.807, 2.05) is 12.3 Å². The summed E-state index contributed by atoms with van der Waals surface area (Å²) >= 11 is 7.42. The van der Waals surface area contributed by atoms with Gasteiger partial charge in [-0.2, -0.15) is 0 Å². The minimum Gasteiger partial charge on any atom is -0.478 e. The fourth-order valence-corrected chi connectivity index (χ4v) is 2.36. The van der Waals surface area contributed by atoms with E-state index in [9.17, 15) is 9.59 Å². The minimum atomic E-state index is -1.09. The maximum absolute atomic E-state index is 11.8. The van der Waals surface area contributed by atoms with E-state index in [1.54, 1.807) is 0 Å². The molecule has 0 atom stereocenters. The van der Waals surface area contributed by atoms with Crippen LogP contribution in [0.25, 0.3) is 0 Å². The van der Waals surface area contributed by atoms with Crippen LogP contribution in [0, 0.1) is 6.92 Å². The Labute approximate surface area is 129 Å². The number of nitrogens with one attached hydrogen (secondary N) is 2. The van der Waals surface area contributed by atoms with Crippen molar-refractivity contribution < 1.29 is 14.7 Å². The topological polar surface area (TPSA) is 91.3 Å². The van der Waals surface area contributed by atoms with Crippen LogP contribution < -0.4 is 10.6 Å². The van der Waals surface area contributed by atoms with Crippen molar-refractivity contribution in [1.29, 1.82) is 0 Å². The molecule has 0 saturated heterocycles. The van der Waals surface area contributed by atoms with Gasteiger partial charge in [0.25, 0.3) is 0 Å². The van der Waals surface area contributed by atoms with Gasteiger partial charge in [0.2, 0.25) is 0 Å². The van der Waals surface area contributed by atoms with Crippen molar-refractivity contribution in [1.82, 2.24) is 10.3 Å². The fraction of sp³-hybridized carbons (Fsp3) is 0.154. The zero-order valence-electron chi connectivity index (χ0n) is 11.0. The second-order valence-electron chi connectivity index (χ2n) is 4.17. The first-order valence-electron chi connectivity index (χ1n) is 5.94. The summed E-state index contributed by atoms with van der Waals surface area (Å²) in [6, 6.07) is 3.61. The average Bonchev–Trinajstić information content (AvgIpc) is 2.84. The molecule has 2 aromatic rings. The van der Waals surface area contributed by atoms with Crippen LogP contribution in [-0.2, 0) is 6.54 Å². The molecule has 110 valence electrons. The normalized spacial score (nSPS) is 10.2. The summed E-state index contributed by atoms with van der Waals surface area (Å²) in [5.41, 5.74) is 1.05. The van der Waals surface area contributed by atoms with E-state index < -0.39 is 12.0 Å². The highest BCUT2D eigenvalue weighted by molar-refractivity contribution is 7.09. The van der Waals surface area contributed by atoms with Crippen LogP contribution >= 0.6 is 22.9 Å². The van der Waals surface area contributed by atoms with Crippen LogP contribution in [-0.4, -0.2) is 22.1 Å². The van der Waals surface area contributed by atoms with Gasteiger partial charge in [0, 0.05) is 5.38 Å². The maximum Gasteiger partial charge on any atom is 0.335 e. The van der Waals surface area contributed by atoms with Crippen molar-refractivity contribution in [2.45, 2.75) is 13.5 Å². The first-order chi connectivity index (χ1) is 9.95. The van der Waals surface area contributed by atoms with Gasteiger partial charge in [-0.15, -0.1) is 11.3 Å². The number of hydrogen-bond donors (Lipinski definition) is 3. The molecule has 0 aliphatic rings. The molecule has 1 aromatic carbocycles. The highest BCUT2D eigenvalue weighted by Crippen LogP contribution is 2.23. The number of benzene rings is 1. The molecule has 0 aliphatic carbocycles. The third-order valence-electron chi connectivity index (χ3n) is 2.56. The van der Waals surface area contributed by atoms with Gasteiger partial charge >= 0.3 is 12.0 Å². The van der Waals surface area contributed by atoms with Crippen LogP contribution in [0.3, 0.4) is 0 Å².